The van der Waals surface area contributed by atoms with Crippen molar-refractivity contribution in [2.24, 2.45) is 0 Å². The lowest BCUT2D eigenvalue weighted by Gasteiger charge is -2.31. The van der Waals surface area contributed by atoms with Crippen LogP contribution in [-0.2, 0) is 9.59 Å². The van der Waals surface area contributed by atoms with E-state index in [-0.39, 0.29) is 11.8 Å². The van der Waals surface area contributed by atoms with Crippen LogP contribution in [0.2, 0.25) is 15.1 Å². The van der Waals surface area contributed by atoms with Crippen LogP contribution in [0.4, 0.5) is 5.69 Å². The molecule has 2 N–H and O–H groups in total. The fourth-order valence-corrected chi connectivity index (χ4v) is 3.30. The molecular formula is C14H17Cl3N3O2+. The molecule has 0 unspecified atom stereocenters. The van der Waals surface area contributed by atoms with Crippen LogP contribution in [0, 0.1) is 0 Å². The van der Waals surface area contributed by atoms with Crippen molar-refractivity contribution in [1.82, 2.24) is 4.90 Å². The molecule has 2 rings (SSSR count). The first-order chi connectivity index (χ1) is 10.4. The number of nitrogens with one attached hydrogen (secondary N) is 2. The molecule has 1 saturated heterocycles. The van der Waals surface area contributed by atoms with Gasteiger partial charge in [-0.25, -0.2) is 0 Å². The van der Waals surface area contributed by atoms with E-state index in [0.29, 0.717) is 40.4 Å². The number of carbonyl (C=O) groups excluding carboxylic acids is 2. The Morgan fingerprint density at radius 3 is 2.23 bits per heavy atom. The minimum absolute atomic E-state index is 0.0724. The van der Waals surface area contributed by atoms with Crippen molar-refractivity contribution in [2.75, 3.05) is 38.0 Å². The number of hydrogen-bond donors (Lipinski definition) is 2. The van der Waals surface area contributed by atoms with E-state index in [0.717, 1.165) is 18.0 Å². The summed E-state index contributed by atoms with van der Waals surface area (Å²) in [5.41, 5.74) is 0.375. The third-order valence-electron chi connectivity index (χ3n) is 3.60. The predicted octanol–water partition coefficient (Wildman–Crippen LogP) is 1.33. The van der Waals surface area contributed by atoms with E-state index in [1.165, 1.54) is 12.1 Å². The molecule has 0 saturated carbocycles. The number of benzene rings is 1. The van der Waals surface area contributed by atoms with Crippen LogP contribution in [0.15, 0.2) is 12.1 Å². The SMILES string of the molecule is CC(=O)N1CC[NH+](CC(=O)Nc2c(Cl)cc(Cl)cc2Cl)CC1. The lowest BCUT2D eigenvalue weighted by molar-refractivity contribution is -0.895. The summed E-state index contributed by atoms with van der Waals surface area (Å²) in [6, 6.07) is 3.06. The van der Waals surface area contributed by atoms with Gasteiger partial charge in [0, 0.05) is 11.9 Å². The monoisotopic (exact) mass is 364 g/mol. The number of rotatable bonds is 3. The molecule has 0 radical (unpaired) electrons. The molecule has 1 heterocycles. The highest BCUT2D eigenvalue weighted by Gasteiger charge is 2.24. The van der Waals surface area contributed by atoms with E-state index in [1.807, 2.05) is 0 Å². The lowest BCUT2D eigenvalue weighted by atomic mass is 10.3. The first-order valence-electron chi connectivity index (χ1n) is 6.90. The average molecular weight is 366 g/mol. The van der Waals surface area contributed by atoms with Crippen molar-refractivity contribution >= 4 is 52.3 Å². The molecule has 1 aromatic rings. The molecule has 0 aromatic heterocycles. The second-order valence-electron chi connectivity index (χ2n) is 5.23. The Kier molecular flexibility index (Phi) is 5.92. The van der Waals surface area contributed by atoms with Crippen molar-refractivity contribution in [3.63, 3.8) is 0 Å². The summed E-state index contributed by atoms with van der Waals surface area (Å²) in [7, 11) is 0. The van der Waals surface area contributed by atoms with Crippen molar-refractivity contribution in [3.05, 3.63) is 27.2 Å². The maximum Gasteiger partial charge on any atom is 0.279 e. The zero-order chi connectivity index (χ0) is 16.3. The van der Waals surface area contributed by atoms with E-state index >= 15 is 0 Å². The Labute approximate surface area is 144 Å². The van der Waals surface area contributed by atoms with Gasteiger partial charge < -0.3 is 15.1 Å². The highest BCUT2D eigenvalue weighted by molar-refractivity contribution is 6.42. The predicted molar refractivity (Wildman–Crippen MR) is 87.9 cm³/mol. The molecule has 8 heteroatoms. The van der Waals surface area contributed by atoms with E-state index in [1.54, 1.807) is 11.8 Å². The van der Waals surface area contributed by atoms with Gasteiger partial charge in [0.15, 0.2) is 6.54 Å². The van der Waals surface area contributed by atoms with Gasteiger partial charge in [0.05, 0.1) is 41.9 Å². The number of nitrogens with zero attached hydrogens (tertiary/aromatic N) is 1. The average Bonchev–Trinajstić information content (AvgIpc) is 2.43. The van der Waals surface area contributed by atoms with Gasteiger partial charge in [-0.05, 0) is 12.1 Å². The summed E-state index contributed by atoms with van der Waals surface area (Å²) >= 11 is 17.9. The smallest absolute Gasteiger partial charge is 0.279 e. The summed E-state index contributed by atoms with van der Waals surface area (Å²) in [4.78, 5) is 26.3. The third-order valence-corrected chi connectivity index (χ3v) is 4.41. The van der Waals surface area contributed by atoms with Crippen LogP contribution in [0.3, 0.4) is 0 Å². The summed E-state index contributed by atoms with van der Waals surface area (Å²) in [5, 5.41) is 3.76. The number of carbonyl (C=O) groups is 2. The molecule has 0 atom stereocenters. The van der Waals surface area contributed by atoms with Crippen LogP contribution in [0.5, 0.6) is 0 Å². The minimum atomic E-state index is -0.169. The van der Waals surface area contributed by atoms with Gasteiger partial charge in [-0.1, -0.05) is 34.8 Å². The van der Waals surface area contributed by atoms with Gasteiger partial charge in [-0.2, -0.15) is 0 Å². The van der Waals surface area contributed by atoms with E-state index in [4.69, 9.17) is 34.8 Å². The first-order valence-corrected chi connectivity index (χ1v) is 8.03. The summed E-state index contributed by atoms with van der Waals surface area (Å²) in [5.74, 6) is -0.0966. The fraction of sp³-hybridized carbons (Fsp3) is 0.429. The minimum Gasteiger partial charge on any atom is -0.332 e. The number of quaternary nitrogens is 1. The number of amides is 2. The van der Waals surface area contributed by atoms with Gasteiger partial charge in [0.1, 0.15) is 0 Å². The van der Waals surface area contributed by atoms with Gasteiger partial charge in [-0.3, -0.25) is 9.59 Å². The number of anilines is 1. The molecule has 1 aromatic carbocycles. The molecule has 1 aliphatic rings. The van der Waals surface area contributed by atoms with E-state index in [2.05, 4.69) is 5.32 Å². The van der Waals surface area contributed by atoms with Crippen LogP contribution >= 0.6 is 34.8 Å². The Bertz CT molecular complexity index is 564. The Balaban J connectivity index is 1.90. The molecular weight excluding hydrogens is 349 g/mol. The summed E-state index contributed by atoms with van der Waals surface area (Å²) in [6.07, 6.45) is 0. The molecule has 0 bridgehead atoms. The highest BCUT2D eigenvalue weighted by atomic mass is 35.5. The Morgan fingerprint density at radius 1 is 1.18 bits per heavy atom. The van der Waals surface area contributed by atoms with Gasteiger partial charge in [-0.15, -0.1) is 0 Å². The molecule has 1 aliphatic heterocycles. The Morgan fingerprint density at radius 2 is 1.73 bits per heavy atom. The summed E-state index contributed by atoms with van der Waals surface area (Å²) < 4.78 is 0. The Hall–Kier alpha value is -1.01. The maximum absolute atomic E-state index is 12.1. The number of halogens is 3. The first kappa shape index (κ1) is 17.3. The number of piperazine rings is 1. The molecule has 5 nitrogen and oxygen atoms in total. The second kappa shape index (κ2) is 7.51. The molecule has 22 heavy (non-hydrogen) atoms. The zero-order valence-electron chi connectivity index (χ0n) is 12.1. The zero-order valence-corrected chi connectivity index (χ0v) is 14.4. The van der Waals surface area contributed by atoms with E-state index < -0.39 is 0 Å². The van der Waals surface area contributed by atoms with E-state index in [9.17, 15) is 9.59 Å². The third kappa shape index (κ3) is 4.49. The quantitative estimate of drug-likeness (QED) is 0.849. The van der Waals surface area contributed by atoms with Crippen molar-refractivity contribution in [2.45, 2.75) is 6.92 Å². The van der Waals surface area contributed by atoms with Gasteiger partial charge in [0.2, 0.25) is 5.91 Å². The maximum atomic E-state index is 12.1. The largest absolute Gasteiger partial charge is 0.332 e. The normalized spacial score (nSPS) is 15.7. The molecule has 120 valence electrons. The van der Waals surface area contributed by atoms with Crippen LogP contribution in [-0.4, -0.2) is 49.4 Å². The molecule has 2 amide bonds. The highest BCUT2D eigenvalue weighted by Crippen LogP contribution is 2.33. The van der Waals surface area contributed by atoms with Crippen LogP contribution < -0.4 is 10.2 Å². The van der Waals surface area contributed by atoms with Crippen LogP contribution in [0.25, 0.3) is 0 Å². The van der Waals surface area contributed by atoms with Gasteiger partial charge >= 0.3 is 0 Å². The topological polar surface area (TPSA) is 53.9 Å². The summed E-state index contributed by atoms with van der Waals surface area (Å²) in [6.45, 7) is 4.69. The molecule has 0 aliphatic carbocycles. The van der Waals surface area contributed by atoms with Crippen molar-refractivity contribution in [3.8, 4) is 0 Å². The lowest BCUT2D eigenvalue weighted by Crippen LogP contribution is -3.15. The molecule has 0 spiro atoms. The second-order valence-corrected chi connectivity index (χ2v) is 6.48. The van der Waals surface area contributed by atoms with Gasteiger partial charge in [0.25, 0.3) is 5.91 Å². The fourth-order valence-electron chi connectivity index (χ4n) is 2.39. The van der Waals surface area contributed by atoms with Crippen molar-refractivity contribution < 1.29 is 14.5 Å². The molecule has 1 fully saturated rings. The standard InChI is InChI=1S/C14H16Cl3N3O2/c1-9(21)20-4-2-19(3-5-20)8-13(22)18-14-11(16)6-10(15)7-12(14)17/h6-7H,2-5,8H2,1H3,(H,18,22)/p+1. The van der Waals surface area contributed by atoms with Crippen molar-refractivity contribution in [1.29, 1.82) is 0 Å². The van der Waals surface area contributed by atoms with Crippen LogP contribution in [0.1, 0.15) is 6.92 Å². The number of hydrogen-bond acceptors (Lipinski definition) is 2.